The summed E-state index contributed by atoms with van der Waals surface area (Å²) in [6.07, 6.45) is 0. The smallest absolute Gasteiger partial charge is 0.300 e. The normalized spacial score (nSPS) is 10.4. The molecule has 0 aliphatic rings. The Labute approximate surface area is 116 Å². The number of rotatable bonds is 4. The van der Waals surface area contributed by atoms with Crippen LogP contribution in [0.4, 0.5) is 5.13 Å². The molecule has 1 amide bonds. The number of amides is 1. The van der Waals surface area contributed by atoms with Crippen molar-refractivity contribution < 1.29 is 9.59 Å². The van der Waals surface area contributed by atoms with Gasteiger partial charge >= 0.3 is 4.87 Å². The molecule has 0 saturated carbocycles. The highest BCUT2D eigenvalue weighted by atomic mass is 32.1. The lowest BCUT2D eigenvalue weighted by molar-refractivity contribution is -0.116. The number of carbonyl (C=O) groups is 2. The number of anilines is 1. The van der Waals surface area contributed by atoms with Crippen LogP contribution in [0.5, 0.6) is 0 Å². The molecule has 100 valence electrons. The largest absolute Gasteiger partial charge is 0.307 e. The van der Waals surface area contributed by atoms with Crippen molar-refractivity contribution in [3.8, 4) is 0 Å². The number of hydrogen-bond acceptors (Lipinski definition) is 6. The maximum atomic E-state index is 11.8. The fourth-order valence-corrected chi connectivity index (χ4v) is 2.89. The molecule has 0 atom stereocenters. The van der Waals surface area contributed by atoms with E-state index in [1.54, 1.807) is 17.7 Å². The molecule has 0 bridgehead atoms. The molecule has 0 aliphatic carbocycles. The summed E-state index contributed by atoms with van der Waals surface area (Å²) < 4.78 is 1.39. The van der Waals surface area contributed by atoms with Gasteiger partial charge in [-0.1, -0.05) is 11.3 Å². The van der Waals surface area contributed by atoms with Crippen molar-refractivity contribution in [3.63, 3.8) is 0 Å². The van der Waals surface area contributed by atoms with Crippen LogP contribution in [0, 0.1) is 6.92 Å². The van der Waals surface area contributed by atoms with E-state index in [0.717, 1.165) is 17.0 Å². The summed E-state index contributed by atoms with van der Waals surface area (Å²) in [6.45, 7) is 3.13. The zero-order valence-corrected chi connectivity index (χ0v) is 11.9. The minimum absolute atomic E-state index is 0.0524. The molecule has 2 rings (SSSR count). The zero-order valence-electron chi connectivity index (χ0n) is 10.3. The molecule has 0 radical (unpaired) electrons. The second-order valence-electron chi connectivity index (χ2n) is 3.87. The number of aryl methyl sites for hydroxylation is 1. The topological polar surface area (TPSA) is 81.1 Å². The van der Waals surface area contributed by atoms with E-state index in [4.69, 9.17) is 0 Å². The molecular formula is C11H11N3O3S2. The van der Waals surface area contributed by atoms with Gasteiger partial charge in [0.05, 0.1) is 0 Å². The predicted octanol–water partition coefficient (Wildman–Crippen LogP) is 1.52. The number of nitrogens with zero attached hydrogens (tertiary/aromatic N) is 2. The number of aromatic nitrogens is 2. The summed E-state index contributed by atoms with van der Waals surface area (Å²) in [4.78, 5) is 38.1. The first-order valence-corrected chi connectivity index (χ1v) is 7.14. The lowest BCUT2D eigenvalue weighted by Gasteiger charge is -2.03. The Hall–Kier alpha value is -1.80. The first-order chi connectivity index (χ1) is 8.97. The number of nitrogens with one attached hydrogen (secondary N) is 1. The van der Waals surface area contributed by atoms with Crippen molar-refractivity contribution >= 4 is 39.5 Å². The van der Waals surface area contributed by atoms with Crippen molar-refractivity contribution in [3.05, 3.63) is 31.8 Å². The third-order valence-corrected chi connectivity index (χ3v) is 4.03. The molecule has 0 spiro atoms. The molecule has 0 unspecified atom stereocenters. The van der Waals surface area contributed by atoms with E-state index in [0.29, 0.717) is 10.8 Å². The van der Waals surface area contributed by atoms with Gasteiger partial charge in [0, 0.05) is 23.4 Å². The van der Waals surface area contributed by atoms with Crippen LogP contribution in [0.3, 0.4) is 0 Å². The number of Topliss-reactive ketones (excluding diaryl/α,β-unsaturated/α-hetero) is 1. The summed E-state index contributed by atoms with van der Waals surface area (Å²) in [5.74, 6) is -0.491. The van der Waals surface area contributed by atoms with Gasteiger partial charge in [0.25, 0.3) is 0 Å². The van der Waals surface area contributed by atoms with Gasteiger partial charge in [0.2, 0.25) is 5.91 Å². The van der Waals surface area contributed by atoms with Crippen LogP contribution in [0.15, 0.2) is 15.6 Å². The molecule has 2 heterocycles. The van der Waals surface area contributed by atoms with Crippen molar-refractivity contribution in [2.24, 2.45) is 0 Å². The van der Waals surface area contributed by atoms with E-state index < -0.39 is 0 Å². The van der Waals surface area contributed by atoms with Crippen LogP contribution in [0.1, 0.15) is 23.1 Å². The Bertz CT molecular complexity index is 683. The third-order valence-electron chi connectivity index (χ3n) is 2.39. The fourth-order valence-electron chi connectivity index (χ4n) is 1.39. The monoisotopic (exact) mass is 297 g/mol. The van der Waals surface area contributed by atoms with Crippen LogP contribution in [-0.2, 0) is 11.3 Å². The lowest BCUT2D eigenvalue weighted by atomic mass is 10.4. The van der Waals surface area contributed by atoms with E-state index >= 15 is 0 Å². The molecule has 2 aromatic heterocycles. The van der Waals surface area contributed by atoms with Gasteiger partial charge < -0.3 is 5.32 Å². The summed E-state index contributed by atoms with van der Waals surface area (Å²) in [7, 11) is 0. The molecule has 1 N–H and O–H groups in total. The molecule has 0 aromatic carbocycles. The van der Waals surface area contributed by atoms with Crippen LogP contribution >= 0.6 is 22.7 Å². The maximum Gasteiger partial charge on any atom is 0.307 e. The average Bonchev–Trinajstić information content (AvgIpc) is 2.91. The molecule has 0 aliphatic heterocycles. The second-order valence-corrected chi connectivity index (χ2v) is 5.55. The van der Waals surface area contributed by atoms with E-state index in [-0.39, 0.29) is 23.1 Å². The molecule has 0 fully saturated rings. The Morgan fingerprint density at radius 2 is 2.11 bits per heavy atom. The number of ketones is 1. The van der Waals surface area contributed by atoms with Crippen molar-refractivity contribution in [2.45, 2.75) is 20.4 Å². The summed E-state index contributed by atoms with van der Waals surface area (Å²) in [6, 6.07) is 0. The molecule has 8 heteroatoms. The minimum atomic E-state index is -0.340. The van der Waals surface area contributed by atoms with E-state index in [9.17, 15) is 14.4 Å². The maximum absolute atomic E-state index is 11.8. The average molecular weight is 297 g/mol. The number of hydrogen-bond donors (Lipinski definition) is 1. The van der Waals surface area contributed by atoms with Crippen molar-refractivity contribution in [1.29, 1.82) is 0 Å². The Morgan fingerprint density at radius 1 is 1.37 bits per heavy atom. The predicted molar refractivity (Wildman–Crippen MR) is 74.1 cm³/mol. The third kappa shape index (κ3) is 3.15. The Balaban J connectivity index is 2.05. The van der Waals surface area contributed by atoms with Crippen LogP contribution in [-0.4, -0.2) is 21.2 Å². The highest BCUT2D eigenvalue weighted by Gasteiger charge is 2.11. The molecule has 6 nitrogen and oxygen atoms in total. The zero-order chi connectivity index (χ0) is 14.0. The van der Waals surface area contributed by atoms with E-state index in [1.807, 2.05) is 0 Å². The van der Waals surface area contributed by atoms with Crippen LogP contribution in [0.2, 0.25) is 0 Å². The van der Waals surface area contributed by atoms with Gasteiger partial charge in [-0.25, -0.2) is 4.98 Å². The number of thiazole rings is 2. The van der Waals surface area contributed by atoms with Crippen molar-refractivity contribution in [1.82, 2.24) is 9.55 Å². The standard InChI is InChI=1S/C11H11N3O3S2/c1-6-4-19-11(17)14(6)3-9(16)13-10-12-8(5-18-10)7(2)15/h4-5H,3H2,1-2H3,(H,12,13,16). The quantitative estimate of drug-likeness (QED) is 0.867. The Kier molecular flexibility index (Phi) is 3.91. The van der Waals surface area contributed by atoms with Crippen LogP contribution < -0.4 is 10.2 Å². The van der Waals surface area contributed by atoms with Gasteiger partial charge in [0.1, 0.15) is 12.2 Å². The highest BCUT2D eigenvalue weighted by Crippen LogP contribution is 2.15. The summed E-state index contributed by atoms with van der Waals surface area (Å²) in [5.41, 5.74) is 1.07. The van der Waals surface area contributed by atoms with Gasteiger partial charge in [-0.15, -0.1) is 11.3 Å². The molecular weight excluding hydrogens is 286 g/mol. The van der Waals surface area contributed by atoms with Crippen LogP contribution in [0.25, 0.3) is 0 Å². The van der Waals surface area contributed by atoms with Gasteiger partial charge in [-0.2, -0.15) is 0 Å². The first-order valence-electron chi connectivity index (χ1n) is 5.38. The van der Waals surface area contributed by atoms with Gasteiger partial charge in [0.15, 0.2) is 10.9 Å². The SMILES string of the molecule is CC(=O)c1csc(NC(=O)Cn2c(C)csc2=O)n1. The first kappa shape index (κ1) is 13.6. The summed E-state index contributed by atoms with van der Waals surface area (Å²) >= 11 is 2.24. The highest BCUT2D eigenvalue weighted by molar-refractivity contribution is 7.14. The van der Waals surface area contributed by atoms with E-state index in [1.165, 1.54) is 22.8 Å². The van der Waals surface area contributed by atoms with Crippen molar-refractivity contribution in [2.75, 3.05) is 5.32 Å². The number of carbonyl (C=O) groups excluding carboxylic acids is 2. The lowest BCUT2D eigenvalue weighted by Crippen LogP contribution is -2.25. The second kappa shape index (κ2) is 5.45. The van der Waals surface area contributed by atoms with E-state index in [2.05, 4.69) is 10.3 Å². The molecule has 0 saturated heterocycles. The van der Waals surface area contributed by atoms with Gasteiger partial charge in [-0.3, -0.25) is 19.0 Å². The van der Waals surface area contributed by atoms with Gasteiger partial charge in [-0.05, 0) is 6.92 Å². The fraction of sp³-hybridized carbons (Fsp3) is 0.273. The Morgan fingerprint density at radius 3 is 2.63 bits per heavy atom. The summed E-state index contributed by atoms with van der Waals surface area (Å²) in [5, 5.41) is 6.21. The molecule has 19 heavy (non-hydrogen) atoms. The minimum Gasteiger partial charge on any atom is -0.300 e. The molecule has 2 aromatic rings.